The van der Waals surface area contributed by atoms with E-state index in [2.05, 4.69) is 88.4 Å². The maximum absolute atomic E-state index is 12.2. The fourth-order valence-corrected chi connectivity index (χ4v) is 10.7. The number of fused-ring (bicyclic) bond motifs is 2. The van der Waals surface area contributed by atoms with Gasteiger partial charge in [0.1, 0.15) is 12.1 Å². The number of benzene rings is 3. The first kappa shape index (κ1) is 46.9. The van der Waals surface area contributed by atoms with E-state index in [0.717, 1.165) is 58.5 Å². The summed E-state index contributed by atoms with van der Waals surface area (Å²) in [6, 6.07) is 24.1. The largest absolute Gasteiger partial charge is 0.512 e. The summed E-state index contributed by atoms with van der Waals surface area (Å²) in [5.74, 6) is 1.01. The van der Waals surface area contributed by atoms with Gasteiger partial charge in [0, 0.05) is 52.3 Å². The van der Waals surface area contributed by atoms with E-state index in [1.54, 1.807) is 6.33 Å². The van der Waals surface area contributed by atoms with Crippen molar-refractivity contribution in [1.82, 2.24) is 9.97 Å². The third-order valence-corrected chi connectivity index (χ3v) is 16.1. The molecule has 6 heteroatoms. The molecule has 2 aromatic heterocycles. The molecule has 2 heterocycles. The monoisotopic (exact) mass is 990 g/mol. The first-order chi connectivity index (χ1) is 27.6. The third-order valence-electron chi connectivity index (χ3n) is 14.7. The smallest absolute Gasteiger partial charge is 0.164 e. The molecule has 2 aliphatic rings. The van der Waals surface area contributed by atoms with Crippen LogP contribution in [0.15, 0.2) is 72.8 Å². The maximum Gasteiger partial charge on any atom is 0.164 e. The summed E-state index contributed by atoms with van der Waals surface area (Å²) in [5.41, 5.74) is 8.58. The molecule has 1 radical (unpaired) electrons. The number of thiophene rings is 1. The summed E-state index contributed by atoms with van der Waals surface area (Å²) in [6.45, 7) is 21.2. The van der Waals surface area contributed by atoms with Gasteiger partial charge in [-0.05, 0) is 105 Å². The van der Waals surface area contributed by atoms with Gasteiger partial charge in [-0.25, -0.2) is 4.98 Å². The van der Waals surface area contributed by atoms with E-state index in [9.17, 15) is 9.90 Å². The number of aliphatic hydroxyl groups excluding tert-OH is 1. The molecular weight excluding hydrogens is 921 g/mol. The standard InChI is InChI=1S/C38H41N2S.C15H28O2.Ir/c1-25-33-36(34(40-24-39-33)30-22-29-10-6-7-11-31(29)32(23-30)37(2,3)4)41-35(25)28-14-12-26(13-15-28)27-16-20-38(21-17-27)18-8-5-9-19-38;1-7-14(5,8-2)12(16)11-13(17)15(6,9-3)10-4;/h6-7,10-15,23-24,27H,5,8-9,16-21H2,1-4H3;11,16H,7-10H2,1-6H3;/q-1;;/b;12-11-;. The van der Waals surface area contributed by atoms with Gasteiger partial charge in [-0.2, -0.15) is 0 Å². The number of hydrogen-bond donors (Lipinski definition) is 1. The van der Waals surface area contributed by atoms with E-state index in [0.29, 0.717) is 5.41 Å². The average molecular weight is 990 g/mol. The van der Waals surface area contributed by atoms with Crippen LogP contribution in [0.1, 0.15) is 168 Å². The molecule has 2 aliphatic carbocycles. The van der Waals surface area contributed by atoms with Crippen LogP contribution in [-0.4, -0.2) is 20.9 Å². The first-order valence-corrected chi connectivity index (χ1v) is 23.2. The van der Waals surface area contributed by atoms with Gasteiger partial charge in [-0.1, -0.05) is 135 Å². The van der Waals surface area contributed by atoms with Gasteiger partial charge >= 0.3 is 0 Å². The Bertz CT molecular complexity index is 2220. The van der Waals surface area contributed by atoms with Crippen molar-refractivity contribution in [2.45, 2.75) is 164 Å². The maximum atomic E-state index is 12.2. The summed E-state index contributed by atoms with van der Waals surface area (Å²) in [7, 11) is 0. The van der Waals surface area contributed by atoms with Crippen molar-refractivity contribution >= 4 is 38.1 Å². The molecule has 7 rings (SSSR count). The number of carbonyl (C=O) groups excluding carboxylic acids is 1. The van der Waals surface area contributed by atoms with Gasteiger partial charge in [-0.3, -0.25) is 9.78 Å². The molecule has 319 valence electrons. The second kappa shape index (κ2) is 19.3. The molecule has 2 fully saturated rings. The Hall–Kier alpha value is -3.18. The molecule has 1 N–H and O–H groups in total. The normalized spacial score (nSPS) is 16.5. The predicted octanol–water partition coefficient (Wildman–Crippen LogP) is 15.8. The second-order valence-electron chi connectivity index (χ2n) is 19.2. The van der Waals surface area contributed by atoms with Gasteiger partial charge in [0.2, 0.25) is 0 Å². The van der Waals surface area contributed by atoms with Crippen LogP contribution in [0.5, 0.6) is 0 Å². The molecular formula is C53H69IrN2O2S-. The van der Waals surface area contributed by atoms with Gasteiger partial charge in [0.05, 0.1) is 5.52 Å². The summed E-state index contributed by atoms with van der Waals surface area (Å²) >= 11 is 1.83. The molecule has 4 nitrogen and oxygen atoms in total. The average Bonchev–Trinajstić information content (AvgIpc) is 3.59. The van der Waals surface area contributed by atoms with E-state index in [1.165, 1.54) is 96.4 Å². The van der Waals surface area contributed by atoms with Crippen molar-refractivity contribution in [2.24, 2.45) is 16.2 Å². The van der Waals surface area contributed by atoms with Gasteiger partial charge in [-0.15, -0.1) is 40.5 Å². The van der Waals surface area contributed by atoms with E-state index in [1.807, 2.05) is 52.9 Å². The van der Waals surface area contributed by atoms with Crippen molar-refractivity contribution in [3.8, 4) is 21.7 Å². The van der Waals surface area contributed by atoms with E-state index < -0.39 is 0 Å². The Kier molecular flexibility index (Phi) is 15.3. The quantitative estimate of drug-likeness (QED) is 0.0860. The fourth-order valence-electron chi connectivity index (χ4n) is 9.42. The number of hydrogen-bond acceptors (Lipinski definition) is 5. The number of aryl methyl sites for hydroxylation is 1. The topological polar surface area (TPSA) is 63.1 Å². The predicted molar refractivity (Wildman–Crippen MR) is 248 cm³/mol. The van der Waals surface area contributed by atoms with Crippen molar-refractivity contribution < 1.29 is 30.0 Å². The molecule has 3 aromatic carbocycles. The number of ketones is 1. The molecule has 0 atom stereocenters. The summed E-state index contributed by atoms with van der Waals surface area (Å²) < 4.78 is 1.15. The minimum Gasteiger partial charge on any atom is -0.512 e. The van der Waals surface area contributed by atoms with E-state index in [-0.39, 0.29) is 47.9 Å². The Labute approximate surface area is 373 Å². The molecule has 0 bridgehead atoms. The summed E-state index contributed by atoms with van der Waals surface area (Å²) in [5, 5.41) is 12.5. The molecule has 59 heavy (non-hydrogen) atoms. The van der Waals surface area contributed by atoms with Gasteiger partial charge in [0.15, 0.2) is 5.78 Å². The van der Waals surface area contributed by atoms with Crippen molar-refractivity contribution in [3.63, 3.8) is 0 Å². The number of nitrogens with zero attached hydrogens (tertiary/aromatic N) is 2. The molecule has 0 aliphatic heterocycles. The van der Waals surface area contributed by atoms with Crippen LogP contribution in [0.3, 0.4) is 0 Å². The zero-order valence-electron chi connectivity index (χ0n) is 37.6. The molecule has 0 unspecified atom stereocenters. The van der Waals surface area contributed by atoms with Crippen LogP contribution >= 0.6 is 11.3 Å². The first-order valence-electron chi connectivity index (χ1n) is 22.4. The van der Waals surface area contributed by atoms with Crippen LogP contribution in [-0.2, 0) is 30.3 Å². The molecule has 5 aromatic rings. The van der Waals surface area contributed by atoms with Crippen LogP contribution in [0.2, 0.25) is 0 Å². The third kappa shape index (κ3) is 9.98. The van der Waals surface area contributed by atoms with Crippen LogP contribution in [0.4, 0.5) is 0 Å². The van der Waals surface area contributed by atoms with Gasteiger partial charge in [0.25, 0.3) is 0 Å². The number of aliphatic hydroxyl groups is 1. The fraction of sp³-hybridized carbons (Fsp3) is 0.528. The number of carbonyl (C=O) groups is 1. The number of rotatable bonds is 10. The van der Waals surface area contributed by atoms with Crippen LogP contribution in [0.25, 0.3) is 42.7 Å². The number of allylic oxidation sites excluding steroid dienone is 2. The Morgan fingerprint density at radius 1 is 0.847 bits per heavy atom. The summed E-state index contributed by atoms with van der Waals surface area (Å²) in [6.07, 6.45) is 19.4. The summed E-state index contributed by atoms with van der Waals surface area (Å²) in [4.78, 5) is 23.1. The Morgan fingerprint density at radius 2 is 1.46 bits per heavy atom. The Balaban J connectivity index is 0.000000314. The second-order valence-corrected chi connectivity index (χ2v) is 20.3. The van der Waals surface area contributed by atoms with Crippen molar-refractivity contribution in [2.75, 3.05) is 0 Å². The molecule has 2 saturated carbocycles. The Morgan fingerprint density at radius 3 is 2.05 bits per heavy atom. The zero-order chi connectivity index (χ0) is 41.9. The van der Waals surface area contributed by atoms with Gasteiger partial charge < -0.3 is 5.11 Å². The van der Waals surface area contributed by atoms with Crippen molar-refractivity contribution in [1.29, 1.82) is 0 Å². The minimum absolute atomic E-state index is 0. The van der Waals surface area contributed by atoms with Crippen LogP contribution < -0.4 is 0 Å². The minimum atomic E-state index is -0.337. The SMILES string of the molecule is CCC(C)(CC)C(=O)/C=C(\O)C(C)(CC)CC.Cc1c(-c2ccc(C3CCC4(CCCCC4)CC3)cc2)sc2c(-c3[c-]c4ccccc4c(C(C)(C)C)c3)ncnc12.[Ir]. The molecule has 0 saturated heterocycles. The van der Waals surface area contributed by atoms with Crippen molar-refractivity contribution in [3.05, 3.63) is 95.5 Å². The zero-order valence-corrected chi connectivity index (χ0v) is 40.8. The number of aromatic nitrogens is 2. The van der Waals surface area contributed by atoms with E-state index >= 15 is 0 Å². The molecule has 1 spiro atoms. The molecule has 0 amide bonds. The van der Waals surface area contributed by atoms with E-state index in [4.69, 9.17) is 9.97 Å². The van der Waals surface area contributed by atoms with Crippen LogP contribution in [0, 0.1) is 29.2 Å².